The van der Waals surface area contributed by atoms with Crippen molar-refractivity contribution in [3.05, 3.63) is 12.4 Å². The van der Waals surface area contributed by atoms with E-state index in [0.717, 1.165) is 31.7 Å². The first kappa shape index (κ1) is 16.4. The summed E-state index contributed by atoms with van der Waals surface area (Å²) in [5.41, 5.74) is 0. The first-order chi connectivity index (χ1) is 11.0. The zero-order valence-corrected chi connectivity index (χ0v) is 14.1. The van der Waals surface area contributed by atoms with Crippen LogP contribution in [-0.4, -0.2) is 74.3 Å². The minimum absolute atomic E-state index is 0.203. The van der Waals surface area contributed by atoms with E-state index in [2.05, 4.69) is 15.3 Å². The summed E-state index contributed by atoms with van der Waals surface area (Å²) in [5.74, 6) is 1.31. The second-order valence-electron chi connectivity index (χ2n) is 5.93. The van der Waals surface area contributed by atoms with Gasteiger partial charge in [0.05, 0.1) is 18.6 Å². The van der Waals surface area contributed by atoms with Gasteiger partial charge in [0.1, 0.15) is 11.9 Å². The largest absolute Gasteiger partial charge is 0.473 e. The van der Waals surface area contributed by atoms with Gasteiger partial charge in [-0.25, -0.2) is 18.4 Å². The molecule has 8 nitrogen and oxygen atoms in total. The SMILES string of the molecule is CS(=O)(=O)N1CCN(c2cnc(OC3CCNCC3)cn2)CC1. The van der Waals surface area contributed by atoms with Crippen molar-refractivity contribution in [2.45, 2.75) is 18.9 Å². The average molecular weight is 341 g/mol. The van der Waals surface area contributed by atoms with E-state index in [1.54, 1.807) is 12.4 Å². The first-order valence-electron chi connectivity index (χ1n) is 7.92. The number of nitrogens with zero attached hydrogens (tertiary/aromatic N) is 4. The van der Waals surface area contributed by atoms with Crippen molar-refractivity contribution >= 4 is 15.8 Å². The molecule has 0 aliphatic carbocycles. The lowest BCUT2D eigenvalue weighted by atomic mass is 10.1. The predicted octanol–water partition coefficient (Wildman–Crippen LogP) is -0.311. The van der Waals surface area contributed by atoms with Crippen LogP contribution in [0, 0.1) is 0 Å². The van der Waals surface area contributed by atoms with Crippen molar-refractivity contribution in [2.75, 3.05) is 50.4 Å². The van der Waals surface area contributed by atoms with Crippen molar-refractivity contribution in [2.24, 2.45) is 0 Å². The van der Waals surface area contributed by atoms with E-state index >= 15 is 0 Å². The van der Waals surface area contributed by atoms with Gasteiger partial charge in [-0.15, -0.1) is 0 Å². The van der Waals surface area contributed by atoms with Crippen LogP contribution in [0.25, 0.3) is 0 Å². The molecule has 0 bridgehead atoms. The molecule has 3 rings (SSSR count). The Morgan fingerprint density at radius 3 is 2.39 bits per heavy atom. The molecule has 2 aliphatic heterocycles. The maximum atomic E-state index is 11.5. The van der Waals surface area contributed by atoms with Gasteiger partial charge in [-0.1, -0.05) is 0 Å². The average Bonchev–Trinajstić information content (AvgIpc) is 2.56. The normalized spacial score (nSPS) is 21.3. The maximum Gasteiger partial charge on any atom is 0.232 e. The predicted molar refractivity (Wildman–Crippen MR) is 87.2 cm³/mol. The third-order valence-electron chi connectivity index (χ3n) is 4.22. The highest BCUT2D eigenvalue weighted by Crippen LogP contribution is 2.18. The lowest BCUT2D eigenvalue weighted by Crippen LogP contribution is -2.48. The molecule has 0 unspecified atom stereocenters. The molecule has 1 N–H and O–H groups in total. The van der Waals surface area contributed by atoms with Gasteiger partial charge in [0, 0.05) is 26.2 Å². The van der Waals surface area contributed by atoms with E-state index < -0.39 is 10.0 Å². The van der Waals surface area contributed by atoms with E-state index in [1.165, 1.54) is 10.6 Å². The summed E-state index contributed by atoms with van der Waals surface area (Å²) in [5, 5.41) is 3.30. The summed E-state index contributed by atoms with van der Waals surface area (Å²) in [4.78, 5) is 10.8. The minimum atomic E-state index is -3.11. The van der Waals surface area contributed by atoms with Gasteiger partial charge in [0.2, 0.25) is 15.9 Å². The van der Waals surface area contributed by atoms with Crippen LogP contribution in [0.4, 0.5) is 5.82 Å². The summed E-state index contributed by atoms with van der Waals surface area (Å²) < 4.78 is 30.4. The number of nitrogens with one attached hydrogen (secondary N) is 1. The Balaban J connectivity index is 1.55. The van der Waals surface area contributed by atoms with Gasteiger partial charge in [-0.2, -0.15) is 4.31 Å². The Morgan fingerprint density at radius 1 is 1.13 bits per heavy atom. The van der Waals surface area contributed by atoms with E-state index in [9.17, 15) is 8.42 Å². The van der Waals surface area contributed by atoms with E-state index in [1.807, 2.05) is 4.90 Å². The molecular weight excluding hydrogens is 318 g/mol. The zero-order chi connectivity index (χ0) is 16.3. The zero-order valence-electron chi connectivity index (χ0n) is 13.3. The molecule has 9 heteroatoms. The molecule has 0 aromatic carbocycles. The van der Waals surface area contributed by atoms with Gasteiger partial charge in [0.15, 0.2) is 0 Å². The van der Waals surface area contributed by atoms with Crippen LogP contribution in [0.1, 0.15) is 12.8 Å². The Morgan fingerprint density at radius 2 is 1.83 bits per heavy atom. The Kier molecular flexibility index (Phi) is 4.98. The fourth-order valence-electron chi connectivity index (χ4n) is 2.87. The van der Waals surface area contributed by atoms with Crippen molar-refractivity contribution in [3.8, 4) is 5.88 Å². The van der Waals surface area contributed by atoms with Gasteiger partial charge < -0.3 is 15.0 Å². The lowest BCUT2D eigenvalue weighted by molar-refractivity contribution is 0.155. The summed E-state index contributed by atoms with van der Waals surface area (Å²) in [6.45, 7) is 4.15. The van der Waals surface area contributed by atoms with Crippen LogP contribution in [0.3, 0.4) is 0 Å². The van der Waals surface area contributed by atoms with Gasteiger partial charge >= 0.3 is 0 Å². The fraction of sp³-hybridized carbons (Fsp3) is 0.714. The van der Waals surface area contributed by atoms with Crippen LogP contribution in [0.2, 0.25) is 0 Å². The first-order valence-corrected chi connectivity index (χ1v) is 9.77. The Bertz CT molecular complexity index is 608. The molecule has 0 spiro atoms. The van der Waals surface area contributed by atoms with E-state index in [-0.39, 0.29) is 6.10 Å². The summed E-state index contributed by atoms with van der Waals surface area (Å²) in [6.07, 6.45) is 6.77. The maximum absolute atomic E-state index is 11.5. The smallest absolute Gasteiger partial charge is 0.232 e. The number of hydrogen-bond acceptors (Lipinski definition) is 7. The summed E-state index contributed by atoms with van der Waals surface area (Å²) in [7, 11) is -3.11. The number of hydrogen-bond donors (Lipinski definition) is 1. The van der Waals surface area contributed by atoms with Crippen molar-refractivity contribution in [1.29, 1.82) is 0 Å². The number of piperazine rings is 1. The number of anilines is 1. The van der Waals surface area contributed by atoms with Gasteiger partial charge in [-0.3, -0.25) is 0 Å². The highest BCUT2D eigenvalue weighted by Gasteiger charge is 2.24. The fourth-order valence-corrected chi connectivity index (χ4v) is 3.69. The highest BCUT2D eigenvalue weighted by molar-refractivity contribution is 7.88. The van der Waals surface area contributed by atoms with Crippen LogP contribution < -0.4 is 15.0 Å². The molecule has 0 atom stereocenters. The molecule has 2 saturated heterocycles. The van der Waals surface area contributed by atoms with Gasteiger partial charge in [0.25, 0.3) is 0 Å². The molecule has 0 radical (unpaired) electrons. The quantitative estimate of drug-likeness (QED) is 0.804. The molecule has 128 valence electrons. The van der Waals surface area contributed by atoms with Crippen molar-refractivity contribution in [1.82, 2.24) is 19.6 Å². The van der Waals surface area contributed by atoms with E-state index in [4.69, 9.17) is 4.74 Å². The number of ether oxygens (including phenoxy) is 1. The molecule has 1 aromatic heterocycles. The Labute approximate surface area is 136 Å². The number of sulfonamides is 1. The van der Waals surface area contributed by atoms with Crippen LogP contribution in [0.5, 0.6) is 5.88 Å². The van der Waals surface area contributed by atoms with Gasteiger partial charge in [-0.05, 0) is 25.9 Å². The second-order valence-corrected chi connectivity index (χ2v) is 7.91. The molecule has 2 aliphatic rings. The Hall–Kier alpha value is -1.45. The lowest BCUT2D eigenvalue weighted by Gasteiger charge is -2.33. The monoisotopic (exact) mass is 341 g/mol. The third kappa shape index (κ3) is 4.30. The highest BCUT2D eigenvalue weighted by atomic mass is 32.2. The molecule has 0 amide bonds. The molecule has 23 heavy (non-hydrogen) atoms. The molecular formula is C14H23N5O3S. The molecule has 0 saturated carbocycles. The van der Waals surface area contributed by atoms with Crippen molar-refractivity contribution in [3.63, 3.8) is 0 Å². The van der Waals surface area contributed by atoms with Crippen LogP contribution >= 0.6 is 0 Å². The second kappa shape index (κ2) is 6.98. The number of aromatic nitrogens is 2. The molecule has 3 heterocycles. The minimum Gasteiger partial charge on any atom is -0.473 e. The third-order valence-corrected chi connectivity index (χ3v) is 5.52. The number of piperidine rings is 1. The summed E-state index contributed by atoms with van der Waals surface area (Å²) in [6, 6.07) is 0. The topological polar surface area (TPSA) is 87.7 Å². The van der Waals surface area contributed by atoms with Crippen LogP contribution in [-0.2, 0) is 10.0 Å². The summed E-state index contributed by atoms with van der Waals surface area (Å²) >= 11 is 0. The van der Waals surface area contributed by atoms with Crippen LogP contribution in [0.15, 0.2) is 12.4 Å². The standard InChI is InChI=1S/C14H23N5O3S/c1-23(20,21)19-8-6-18(7-9-19)13-10-17-14(11-16-13)22-12-2-4-15-5-3-12/h10-12,15H,2-9H2,1H3. The number of rotatable bonds is 4. The molecule has 2 fully saturated rings. The molecule has 1 aromatic rings. The van der Waals surface area contributed by atoms with Crippen molar-refractivity contribution < 1.29 is 13.2 Å². The van der Waals surface area contributed by atoms with E-state index in [0.29, 0.717) is 32.1 Å².